The molecule has 4 nitrogen and oxygen atoms in total. The highest BCUT2D eigenvalue weighted by Crippen LogP contribution is 2.26. The molecule has 84 valence electrons. The van der Waals surface area contributed by atoms with Crippen LogP contribution in [0.1, 0.15) is 49.4 Å². The molecule has 1 rings (SSSR count). The maximum Gasteiger partial charge on any atom is 0.282 e. The molecule has 0 N–H and O–H groups in total. The third kappa shape index (κ3) is 2.19. The van der Waals surface area contributed by atoms with Gasteiger partial charge in [0.2, 0.25) is 0 Å². The molecule has 0 saturated carbocycles. The fourth-order valence-corrected chi connectivity index (χ4v) is 1.19. The highest BCUT2D eigenvalue weighted by Gasteiger charge is 2.25. The van der Waals surface area contributed by atoms with Crippen LogP contribution in [0.2, 0.25) is 0 Å². The maximum atomic E-state index is 12.7. The minimum Gasteiger partial charge on any atom is -0.296 e. The molecule has 1 unspecified atom stereocenters. The third-order valence-electron chi connectivity index (χ3n) is 2.43. The van der Waals surface area contributed by atoms with Crippen LogP contribution >= 0.6 is 0 Å². The lowest BCUT2D eigenvalue weighted by Gasteiger charge is -2.17. The van der Waals surface area contributed by atoms with E-state index in [-0.39, 0.29) is 17.7 Å². The summed E-state index contributed by atoms with van der Waals surface area (Å²) in [4.78, 5) is 10.5. The summed E-state index contributed by atoms with van der Waals surface area (Å²) < 4.78 is 26.5. The molecule has 0 aliphatic heterocycles. The molecular formula is C9H13F2N3O. The van der Waals surface area contributed by atoms with Crippen molar-refractivity contribution in [2.45, 2.75) is 33.2 Å². The van der Waals surface area contributed by atoms with E-state index < -0.39 is 12.1 Å². The number of nitrogens with zero attached hydrogens (tertiary/aromatic N) is 3. The first kappa shape index (κ1) is 11.7. The second-order valence-corrected chi connectivity index (χ2v) is 3.71. The van der Waals surface area contributed by atoms with Gasteiger partial charge in [-0.3, -0.25) is 4.79 Å². The van der Waals surface area contributed by atoms with Gasteiger partial charge in [0.15, 0.2) is 12.0 Å². The first-order chi connectivity index (χ1) is 6.99. The van der Waals surface area contributed by atoms with E-state index >= 15 is 0 Å². The zero-order valence-electron chi connectivity index (χ0n) is 8.82. The standard InChI is InChI=1S/C9H13F2N3O/c1-5(2)6(3)14-8(9(10)11)7(4-15)12-13-14/h4-6,9H,1-3H3. The van der Waals surface area contributed by atoms with Crippen molar-refractivity contribution < 1.29 is 13.6 Å². The van der Waals surface area contributed by atoms with E-state index in [4.69, 9.17) is 0 Å². The second kappa shape index (κ2) is 4.46. The summed E-state index contributed by atoms with van der Waals surface area (Å²) in [5.74, 6) is 0.142. The smallest absolute Gasteiger partial charge is 0.282 e. The highest BCUT2D eigenvalue weighted by molar-refractivity contribution is 5.73. The molecule has 0 radical (unpaired) electrons. The monoisotopic (exact) mass is 217 g/mol. The minimum absolute atomic E-state index is 0.142. The van der Waals surface area contributed by atoms with Gasteiger partial charge < -0.3 is 0 Å². The van der Waals surface area contributed by atoms with E-state index in [0.717, 1.165) is 4.68 Å². The van der Waals surface area contributed by atoms with Gasteiger partial charge in [0.25, 0.3) is 6.43 Å². The predicted octanol–water partition coefficient (Wildman–Crippen LogP) is 2.25. The van der Waals surface area contributed by atoms with E-state index in [1.54, 1.807) is 6.92 Å². The Morgan fingerprint density at radius 3 is 2.33 bits per heavy atom. The van der Waals surface area contributed by atoms with Crippen LogP contribution in [0, 0.1) is 5.92 Å². The first-order valence-electron chi connectivity index (χ1n) is 4.67. The number of aromatic nitrogens is 3. The fraction of sp³-hybridized carbons (Fsp3) is 0.667. The van der Waals surface area contributed by atoms with Crippen LogP contribution in [0.5, 0.6) is 0 Å². The van der Waals surface area contributed by atoms with Crippen molar-refractivity contribution in [3.8, 4) is 0 Å². The lowest BCUT2D eigenvalue weighted by molar-refractivity contribution is 0.109. The van der Waals surface area contributed by atoms with Crippen molar-refractivity contribution in [3.63, 3.8) is 0 Å². The number of carbonyl (C=O) groups excluding carboxylic acids is 1. The summed E-state index contributed by atoms with van der Waals surface area (Å²) >= 11 is 0. The molecule has 1 heterocycles. The molecule has 0 saturated heterocycles. The highest BCUT2D eigenvalue weighted by atomic mass is 19.3. The molecule has 0 spiro atoms. The molecule has 0 fully saturated rings. The summed E-state index contributed by atoms with van der Waals surface area (Å²) in [6, 6.07) is -0.213. The summed E-state index contributed by atoms with van der Waals surface area (Å²) in [6.07, 6.45) is -2.43. The number of alkyl halides is 2. The summed E-state index contributed by atoms with van der Waals surface area (Å²) in [5, 5.41) is 7.01. The number of hydrogen-bond acceptors (Lipinski definition) is 3. The summed E-state index contributed by atoms with van der Waals surface area (Å²) in [6.45, 7) is 5.55. The van der Waals surface area contributed by atoms with Gasteiger partial charge in [-0.1, -0.05) is 19.1 Å². The number of carbonyl (C=O) groups is 1. The van der Waals surface area contributed by atoms with Crippen LogP contribution in [0.3, 0.4) is 0 Å². The van der Waals surface area contributed by atoms with Crippen molar-refractivity contribution in [2.24, 2.45) is 5.92 Å². The van der Waals surface area contributed by atoms with Crippen molar-refractivity contribution in [1.29, 1.82) is 0 Å². The Hall–Kier alpha value is -1.33. The third-order valence-corrected chi connectivity index (χ3v) is 2.43. The Labute approximate surface area is 86.3 Å². The van der Waals surface area contributed by atoms with Crippen molar-refractivity contribution in [1.82, 2.24) is 15.0 Å². The van der Waals surface area contributed by atoms with Crippen LogP contribution in [0.4, 0.5) is 8.78 Å². The Bertz CT molecular complexity index is 349. The van der Waals surface area contributed by atoms with E-state index in [1.165, 1.54) is 0 Å². The van der Waals surface area contributed by atoms with E-state index in [0.29, 0.717) is 6.29 Å². The Morgan fingerprint density at radius 1 is 1.33 bits per heavy atom. The van der Waals surface area contributed by atoms with E-state index in [2.05, 4.69) is 10.3 Å². The number of rotatable bonds is 4. The average Bonchev–Trinajstić information content (AvgIpc) is 2.59. The van der Waals surface area contributed by atoms with E-state index in [1.807, 2.05) is 13.8 Å². The number of halogens is 2. The molecule has 0 amide bonds. The van der Waals surface area contributed by atoms with Gasteiger partial charge in [-0.05, 0) is 12.8 Å². The summed E-state index contributed by atoms with van der Waals surface area (Å²) in [7, 11) is 0. The molecule has 0 bridgehead atoms. The fourth-order valence-electron chi connectivity index (χ4n) is 1.19. The Kier molecular flexibility index (Phi) is 3.49. The predicted molar refractivity (Wildman–Crippen MR) is 49.9 cm³/mol. The molecule has 0 aromatic carbocycles. The van der Waals surface area contributed by atoms with Gasteiger partial charge in [-0.2, -0.15) is 0 Å². The Balaban J connectivity index is 3.18. The molecular weight excluding hydrogens is 204 g/mol. The minimum atomic E-state index is -2.73. The lowest BCUT2D eigenvalue weighted by atomic mass is 10.1. The molecule has 0 aliphatic carbocycles. The zero-order chi connectivity index (χ0) is 11.6. The van der Waals surface area contributed by atoms with Crippen LogP contribution < -0.4 is 0 Å². The SMILES string of the molecule is CC(C)C(C)n1nnc(C=O)c1C(F)F. The first-order valence-corrected chi connectivity index (χ1v) is 4.67. The largest absolute Gasteiger partial charge is 0.296 e. The van der Waals surface area contributed by atoms with Gasteiger partial charge in [0.1, 0.15) is 5.69 Å². The summed E-state index contributed by atoms with van der Waals surface area (Å²) in [5.41, 5.74) is -0.677. The van der Waals surface area contributed by atoms with Gasteiger partial charge >= 0.3 is 0 Å². The van der Waals surface area contributed by atoms with Gasteiger partial charge in [-0.15, -0.1) is 5.10 Å². The Morgan fingerprint density at radius 2 is 1.93 bits per heavy atom. The molecule has 0 aliphatic rings. The normalized spacial score (nSPS) is 13.5. The molecule has 1 aromatic rings. The van der Waals surface area contributed by atoms with Crippen LogP contribution in [-0.2, 0) is 0 Å². The average molecular weight is 217 g/mol. The quantitative estimate of drug-likeness (QED) is 0.726. The van der Waals surface area contributed by atoms with Crippen molar-refractivity contribution in [2.75, 3.05) is 0 Å². The topological polar surface area (TPSA) is 47.8 Å². The van der Waals surface area contributed by atoms with Gasteiger partial charge in [0, 0.05) is 0 Å². The maximum absolute atomic E-state index is 12.7. The zero-order valence-corrected chi connectivity index (χ0v) is 8.82. The lowest BCUT2D eigenvalue weighted by Crippen LogP contribution is -2.16. The second-order valence-electron chi connectivity index (χ2n) is 3.71. The number of hydrogen-bond donors (Lipinski definition) is 0. The van der Waals surface area contributed by atoms with Crippen molar-refractivity contribution in [3.05, 3.63) is 11.4 Å². The number of aldehydes is 1. The van der Waals surface area contributed by atoms with Crippen LogP contribution in [0.25, 0.3) is 0 Å². The van der Waals surface area contributed by atoms with Crippen LogP contribution in [0.15, 0.2) is 0 Å². The molecule has 6 heteroatoms. The molecule has 15 heavy (non-hydrogen) atoms. The van der Waals surface area contributed by atoms with E-state index in [9.17, 15) is 13.6 Å². The molecule has 1 atom stereocenters. The van der Waals surface area contributed by atoms with Gasteiger partial charge in [0.05, 0.1) is 6.04 Å². The van der Waals surface area contributed by atoms with Crippen molar-refractivity contribution >= 4 is 6.29 Å². The molecule has 1 aromatic heterocycles. The van der Waals surface area contributed by atoms with Crippen LogP contribution in [-0.4, -0.2) is 21.3 Å². The van der Waals surface area contributed by atoms with Gasteiger partial charge in [-0.25, -0.2) is 13.5 Å².